The minimum atomic E-state index is 0.580. The number of fused-ring (bicyclic) bond motifs is 1. The van der Waals surface area contributed by atoms with Crippen LogP contribution in [0.15, 0.2) is 0 Å². The summed E-state index contributed by atoms with van der Waals surface area (Å²) in [6.07, 6.45) is 4.14. The zero-order valence-electron chi connectivity index (χ0n) is 13.6. The van der Waals surface area contributed by atoms with Crippen molar-refractivity contribution in [2.45, 2.75) is 58.7 Å². The number of aromatic nitrogens is 1. The lowest BCUT2D eigenvalue weighted by atomic mass is 9.97. The van der Waals surface area contributed by atoms with Gasteiger partial charge in [0.2, 0.25) is 0 Å². The van der Waals surface area contributed by atoms with E-state index in [1.165, 1.54) is 48.1 Å². The first-order valence-corrected chi connectivity index (χ1v) is 9.18. The monoisotopic (exact) mass is 308 g/mol. The van der Waals surface area contributed by atoms with Crippen molar-refractivity contribution >= 4 is 16.5 Å². The highest BCUT2D eigenvalue weighted by atomic mass is 32.1. The Morgan fingerprint density at radius 1 is 1.33 bits per heavy atom. The van der Waals surface area contributed by atoms with E-state index in [-0.39, 0.29) is 0 Å². The normalized spacial score (nSPS) is 26.9. The molecule has 0 spiro atoms. The van der Waals surface area contributed by atoms with Crippen LogP contribution in [0.4, 0.5) is 5.13 Å². The van der Waals surface area contributed by atoms with Gasteiger partial charge >= 0.3 is 0 Å². The van der Waals surface area contributed by atoms with Gasteiger partial charge in [-0.25, -0.2) is 4.98 Å². The minimum Gasteiger partial charge on any atom is -0.343 e. The van der Waals surface area contributed by atoms with Crippen molar-refractivity contribution in [2.75, 3.05) is 31.1 Å². The molecule has 2 saturated heterocycles. The van der Waals surface area contributed by atoms with E-state index in [4.69, 9.17) is 4.98 Å². The largest absolute Gasteiger partial charge is 0.343 e. The molecule has 2 aliphatic heterocycles. The quantitative estimate of drug-likeness (QED) is 0.926. The second-order valence-corrected chi connectivity index (χ2v) is 7.49. The molecule has 2 unspecified atom stereocenters. The van der Waals surface area contributed by atoms with Crippen LogP contribution < -0.4 is 10.2 Å². The maximum atomic E-state index is 4.86. The van der Waals surface area contributed by atoms with Crippen LogP contribution in [0.25, 0.3) is 0 Å². The van der Waals surface area contributed by atoms with Crippen molar-refractivity contribution in [2.24, 2.45) is 0 Å². The number of nitrogens with zero attached hydrogens (tertiary/aromatic N) is 3. The number of aryl methyl sites for hydroxylation is 1. The molecule has 2 atom stereocenters. The van der Waals surface area contributed by atoms with Crippen LogP contribution in [-0.4, -0.2) is 48.1 Å². The number of piperidine rings is 1. The molecule has 0 aliphatic carbocycles. The second-order valence-electron chi connectivity index (χ2n) is 6.43. The van der Waals surface area contributed by atoms with Gasteiger partial charge < -0.3 is 10.2 Å². The summed E-state index contributed by atoms with van der Waals surface area (Å²) in [7, 11) is 0. The Morgan fingerprint density at radius 3 is 3.00 bits per heavy atom. The number of anilines is 1. The summed E-state index contributed by atoms with van der Waals surface area (Å²) in [4.78, 5) is 11.5. The third kappa shape index (κ3) is 3.25. The Kier molecular flexibility index (Phi) is 4.82. The first-order chi connectivity index (χ1) is 10.2. The predicted octanol–water partition coefficient (Wildman–Crippen LogP) is 2.62. The zero-order chi connectivity index (χ0) is 14.8. The lowest BCUT2D eigenvalue weighted by molar-refractivity contribution is 0.115. The fourth-order valence-corrected chi connectivity index (χ4v) is 4.70. The van der Waals surface area contributed by atoms with Crippen LogP contribution in [-0.2, 0) is 6.54 Å². The molecule has 0 saturated carbocycles. The summed E-state index contributed by atoms with van der Waals surface area (Å²) in [5, 5.41) is 4.66. The van der Waals surface area contributed by atoms with E-state index in [1.807, 2.05) is 11.3 Å². The van der Waals surface area contributed by atoms with Crippen LogP contribution in [0, 0.1) is 6.92 Å². The van der Waals surface area contributed by atoms with E-state index < -0.39 is 0 Å². The lowest BCUT2D eigenvalue weighted by Gasteiger charge is -2.47. The standard InChI is InChI=1S/C16H28N4S/c1-4-17-9-15-13(3)18-16(21-15)20-11-14-7-5-6-8-19(14)10-12(20)2/h12,14,17H,4-11H2,1-3H3. The molecule has 4 nitrogen and oxygen atoms in total. The van der Waals surface area contributed by atoms with E-state index in [0.717, 1.165) is 25.7 Å². The Balaban J connectivity index is 1.73. The topological polar surface area (TPSA) is 31.4 Å². The van der Waals surface area contributed by atoms with Crippen LogP contribution in [0.3, 0.4) is 0 Å². The van der Waals surface area contributed by atoms with Gasteiger partial charge in [-0.2, -0.15) is 0 Å². The third-order valence-electron chi connectivity index (χ3n) is 4.85. The summed E-state index contributed by atoms with van der Waals surface area (Å²) < 4.78 is 0. The summed E-state index contributed by atoms with van der Waals surface area (Å²) in [6.45, 7) is 12.3. The average molecular weight is 308 g/mol. The number of hydrogen-bond acceptors (Lipinski definition) is 5. The van der Waals surface area contributed by atoms with E-state index in [1.54, 1.807) is 0 Å². The highest BCUT2D eigenvalue weighted by Gasteiger charge is 2.34. The number of hydrogen-bond donors (Lipinski definition) is 1. The zero-order valence-corrected chi connectivity index (χ0v) is 14.4. The Hall–Kier alpha value is -0.650. The molecule has 21 heavy (non-hydrogen) atoms. The maximum absolute atomic E-state index is 4.86. The van der Waals surface area contributed by atoms with Gasteiger partial charge in [0.15, 0.2) is 5.13 Å². The van der Waals surface area contributed by atoms with Gasteiger partial charge in [-0.1, -0.05) is 13.3 Å². The van der Waals surface area contributed by atoms with Gasteiger partial charge in [-0.05, 0) is 39.8 Å². The van der Waals surface area contributed by atoms with E-state index >= 15 is 0 Å². The molecule has 0 radical (unpaired) electrons. The fraction of sp³-hybridized carbons (Fsp3) is 0.812. The van der Waals surface area contributed by atoms with Gasteiger partial charge in [0.05, 0.1) is 5.69 Å². The smallest absolute Gasteiger partial charge is 0.186 e. The third-order valence-corrected chi connectivity index (χ3v) is 6.04. The second kappa shape index (κ2) is 6.63. The van der Waals surface area contributed by atoms with Crippen molar-refractivity contribution in [3.63, 3.8) is 0 Å². The Morgan fingerprint density at radius 2 is 2.19 bits per heavy atom. The predicted molar refractivity (Wildman–Crippen MR) is 90.3 cm³/mol. The molecule has 0 bridgehead atoms. The van der Waals surface area contributed by atoms with Crippen LogP contribution in [0.1, 0.15) is 43.7 Å². The highest BCUT2D eigenvalue weighted by Crippen LogP contribution is 2.32. The summed E-state index contributed by atoms with van der Waals surface area (Å²) in [6, 6.07) is 1.33. The molecule has 3 heterocycles. The number of nitrogens with one attached hydrogen (secondary N) is 1. The molecule has 0 amide bonds. The average Bonchev–Trinajstić information content (AvgIpc) is 2.85. The van der Waals surface area contributed by atoms with E-state index in [9.17, 15) is 0 Å². The summed E-state index contributed by atoms with van der Waals surface area (Å²) in [5.41, 5.74) is 1.20. The molecule has 0 aromatic carbocycles. The molecular weight excluding hydrogens is 280 g/mol. The van der Waals surface area contributed by atoms with Crippen molar-refractivity contribution < 1.29 is 0 Å². The molecule has 5 heteroatoms. The molecule has 2 aliphatic rings. The fourth-order valence-electron chi connectivity index (χ4n) is 3.56. The maximum Gasteiger partial charge on any atom is 0.186 e. The Labute approximate surface area is 132 Å². The molecule has 2 fully saturated rings. The van der Waals surface area contributed by atoms with E-state index in [0.29, 0.717) is 6.04 Å². The van der Waals surface area contributed by atoms with E-state index in [2.05, 4.69) is 35.9 Å². The van der Waals surface area contributed by atoms with Crippen LogP contribution >= 0.6 is 11.3 Å². The van der Waals surface area contributed by atoms with Gasteiger partial charge in [-0.15, -0.1) is 11.3 Å². The molecular formula is C16H28N4S. The van der Waals surface area contributed by atoms with Crippen LogP contribution in [0.5, 0.6) is 0 Å². The van der Waals surface area contributed by atoms with Gasteiger partial charge in [0.25, 0.3) is 0 Å². The van der Waals surface area contributed by atoms with Gasteiger partial charge in [0.1, 0.15) is 0 Å². The molecule has 1 N–H and O–H groups in total. The highest BCUT2D eigenvalue weighted by molar-refractivity contribution is 7.15. The SMILES string of the molecule is CCNCc1sc(N2CC3CCCCN3CC2C)nc1C. The van der Waals surface area contributed by atoms with Crippen molar-refractivity contribution in [1.82, 2.24) is 15.2 Å². The molecule has 1 aromatic rings. The minimum absolute atomic E-state index is 0.580. The Bertz CT molecular complexity index is 473. The van der Waals surface area contributed by atoms with Crippen molar-refractivity contribution in [1.29, 1.82) is 0 Å². The number of rotatable bonds is 4. The molecule has 1 aromatic heterocycles. The number of thiazole rings is 1. The van der Waals surface area contributed by atoms with Crippen molar-refractivity contribution in [3.8, 4) is 0 Å². The first kappa shape index (κ1) is 15.3. The molecule has 3 rings (SSSR count). The summed E-state index contributed by atoms with van der Waals surface area (Å²) >= 11 is 1.88. The van der Waals surface area contributed by atoms with Gasteiger partial charge in [0, 0.05) is 36.6 Å². The van der Waals surface area contributed by atoms with Gasteiger partial charge in [-0.3, -0.25) is 4.90 Å². The van der Waals surface area contributed by atoms with Crippen molar-refractivity contribution in [3.05, 3.63) is 10.6 Å². The number of piperazine rings is 1. The molecule has 118 valence electrons. The first-order valence-electron chi connectivity index (χ1n) is 8.36. The lowest BCUT2D eigenvalue weighted by Crippen LogP contribution is -2.58. The summed E-state index contributed by atoms with van der Waals surface area (Å²) in [5.74, 6) is 0. The van der Waals surface area contributed by atoms with Crippen LogP contribution in [0.2, 0.25) is 0 Å².